The highest BCUT2D eigenvalue weighted by Gasteiger charge is 2.27. The minimum Gasteiger partial charge on any atom is -0.369 e. The molecule has 4 heterocycles. The van der Waals surface area contributed by atoms with Gasteiger partial charge in [-0.05, 0) is 90.7 Å². The molecule has 3 aromatic rings. The van der Waals surface area contributed by atoms with Crippen molar-refractivity contribution in [2.24, 2.45) is 4.99 Å². The second kappa shape index (κ2) is 10.7. The number of piperazine rings is 1. The van der Waals surface area contributed by atoms with E-state index in [0.717, 1.165) is 66.5 Å². The summed E-state index contributed by atoms with van der Waals surface area (Å²) in [6.07, 6.45) is 7.41. The zero-order valence-corrected chi connectivity index (χ0v) is 22.2. The third kappa shape index (κ3) is 5.15. The van der Waals surface area contributed by atoms with Gasteiger partial charge < -0.3 is 9.80 Å². The minimum absolute atomic E-state index is 0.135. The van der Waals surface area contributed by atoms with Gasteiger partial charge in [0, 0.05) is 56.5 Å². The van der Waals surface area contributed by atoms with E-state index in [0.29, 0.717) is 4.91 Å². The molecule has 2 aromatic carbocycles. The number of anilines is 1. The number of hydrogen-bond acceptors (Lipinski definition) is 6. The Morgan fingerprint density at radius 2 is 1.70 bits per heavy atom. The molecule has 1 amide bonds. The highest BCUT2D eigenvalue weighted by molar-refractivity contribution is 8.18. The van der Waals surface area contributed by atoms with Crippen LogP contribution in [0.4, 0.5) is 5.69 Å². The Morgan fingerprint density at radius 1 is 0.919 bits per heavy atom. The van der Waals surface area contributed by atoms with Crippen molar-refractivity contribution in [1.29, 1.82) is 0 Å². The number of amides is 1. The van der Waals surface area contributed by atoms with Gasteiger partial charge in [-0.25, -0.2) is 0 Å². The molecular weight excluding hydrogens is 478 g/mol. The lowest BCUT2D eigenvalue weighted by Crippen LogP contribution is -2.46. The largest absolute Gasteiger partial charge is 0.369 e. The van der Waals surface area contributed by atoms with Crippen molar-refractivity contribution in [3.05, 3.63) is 65.2 Å². The minimum atomic E-state index is -0.135. The maximum absolute atomic E-state index is 12.6. The Kier molecular flexibility index (Phi) is 6.98. The van der Waals surface area contributed by atoms with Gasteiger partial charge in [0.2, 0.25) is 0 Å². The van der Waals surface area contributed by atoms with Gasteiger partial charge in [0.25, 0.3) is 5.91 Å². The Hall–Kier alpha value is -3.16. The van der Waals surface area contributed by atoms with E-state index in [1.807, 2.05) is 24.4 Å². The average Bonchev–Trinajstić information content (AvgIpc) is 3.59. The number of thioether (sulfide) groups is 1. The number of aromatic nitrogens is 1. The molecule has 37 heavy (non-hydrogen) atoms. The standard InChI is InChI=1S/C30H33N5OS/c1-2-13-33-16-18-34(19-17-33)24-8-6-23(7-9-24)25-11-12-31-27-10-5-22(20-26(25)27)21-28-29(36)32-30(37-28)35-14-3-4-15-35/h5-12,20-21H,2-4,13-19H2,1H3/b28-21-. The number of fused-ring (bicyclic) bond motifs is 1. The number of nitrogens with zero attached hydrogens (tertiary/aromatic N) is 5. The summed E-state index contributed by atoms with van der Waals surface area (Å²) in [5.74, 6) is -0.135. The maximum Gasteiger partial charge on any atom is 0.286 e. The Balaban J connectivity index is 1.23. The number of carbonyl (C=O) groups excluding carboxylic acids is 1. The lowest BCUT2D eigenvalue weighted by Gasteiger charge is -2.36. The Labute approximate surface area is 223 Å². The van der Waals surface area contributed by atoms with Crippen molar-refractivity contribution in [1.82, 2.24) is 14.8 Å². The number of rotatable bonds is 5. The summed E-state index contributed by atoms with van der Waals surface area (Å²) in [6.45, 7) is 9.85. The molecule has 3 aliphatic heterocycles. The highest BCUT2D eigenvalue weighted by atomic mass is 32.2. The summed E-state index contributed by atoms with van der Waals surface area (Å²) < 4.78 is 0. The number of aliphatic imine (C=N–C) groups is 1. The molecule has 2 saturated heterocycles. The fraction of sp³-hybridized carbons (Fsp3) is 0.367. The van der Waals surface area contributed by atoms with Crippen molar-refractivity contribution in [2.45, 2.75) is 26.2 Å². The Morgan fingerprint density at radius 3 is 2.46 bits per heavy atom. The first-order valence-corrected chi connectivity index (χ1v) is 14.2. The zero-order valence-electron chi connectivity index (χ0n) is 21.4. The summed E-state index contributed by atoms with van der Waals surface area (Å²) >= 11 is 1.50. The van der Waals surface area contributed by atoms with Gasteiger partial charge >= 0.3 is 0 Å². The van der Waals surface area contributed by atoms with Crippen LogP contribution in [0.1, 0.15) is 31.7 Å². The van der Waals surface area contributed by atoms with Gasteiger partial charge in [0.15, 0.2) is 5.17 Å². The van der Waals surface area contributed by atoms with Gasteiger partial charge in [-0.15, -0.1) is 0 Å². The molecule has 0 saturated carbocycles. The molecule has 3 aliphatic rings. The normalized spacial score (nSPS) is 19.9. The monoisotopic (exact) mass is 511 g/mol. The fourth-order valence-electron chi connectivity index (χ4n) is 5.50. The van der Waals surface area contributed by atoms with Crippen LogP contribution in [0.15, 0.2) is 64.6 Å². The van der Waals surface area contributed by atoms with Crippen molar-refractivity contribution in [3.63, 3.8) is 0 Å². The third-order valence-electron chi connectivity index (χ3n) is 7.50. The molecule has 0 bridgehead atoms. The van der Waals surface area contributed by atoms with E-state index >= 15 is 0 Å². The molecular formula is C30H33N5OS. The molecule has 1 aromatic heterocycles. The fourth-order valence-corrected chi connectivity index (χ4v) is 6.46. The molecule has 190 valence electrons. The number of pyridine rings is 1. The first kappa shape index (κ1) is 24.2. The van der Waals surface area contributed by atoms with Crippen molar-refractivity contribution in [3.8, 4) is 11.1 Å². The second-order valence-electron chi connectivity index (χ2n) is 10.0. The van der Waals surface area contributed by atoms with Gasteiger partial charge in [0.1, 0.15) is 0 Å². The number of likely N-dealkylation sites (tertiary alicyclic amines) is 1. The van der Waals surface area contributed by atoms with Gasteiger partial charge in [-0.1, -0.05) is 25.1 Å². The van der Waals surface area contributed by atoms with Crippen LogP contribution in [-0.4, -0.2) is 71.7 Å². The smallest absolute Gasteiger partial charge is 0.286 e. The number of hydrogen-bond donors (Lipinski definition) is 0. The van der Waals surface area contributed by atoms with E-state index in [-0.39, 0.29) is 5.91 Å². The van der Waals surface area contributed by atoms with Crippen LogP contribution in [0.2, 0.25) is 0 Å². The van der Waals surface area contributed by atoms with Gasteiger partial charge in [-0.3, -0.25) is 14.7 Å². The number of benzene rings is 2. The average molecular weight is 512 g/mol. The van der Waals surface area contributed by atoms with E-state index in [2.05, 4.69) is 68.0 Å². The van der Waals surface area contributed by atoms with Crippen LogP contribution in [0.5, 0.6) is 0 Å². The lowest BCUT2D eigenvalue weighted by atomic mass is 9.99. The first-order valence-electron chi connectivity index (χ1n) is 13.4. The SMILES string of the molecule is CCCN1CCN(c2ccc(-c3ccnc4ccc(/C=C5\SC(N6CCCC6)=NC5=O)cc34)cc2)CC1. The van der Waals surface area contributed by atoms with E-state index < -0.39 is 0 Å². The topological polar surface area (TPSA) is 52.0 Å². The molecule has 0 N–H and O–H groups in total. The molecule has 6 nitrogen and oxygen atoms in total. The molecule has 7 heteroatoms. The third-order valence-corrected chi connectivity index (χ3v) is 8.55. The van der Waals surface area contributed by atoms with E-state index in [4.69, 9.17) is 0 Å². The molecule has 6 rings (SSSR count). The van der Waals surface area contributed by atoms with Crippen LogP contribution in [-0.2, 0) is 4.79 Å². The summed E-state index contributed by atoms with van der Waals surface area (Å²) in [7, 11) is 0. The maximum atomic E-state index is 12.6. The highest BCUT2D eigenvalue weighted by Crippen LogP contribution is 2.34. The van der Waals surface area contributed by atoms with Crippen molar-refractivity contribution < 1.29 is 4.79 Å². The summed E-state index contributed by atoms with van der Waals surface area (Å²) in [4.78, 5) is 29.5. The van der Waals surface area contributed by atoms with Gasteiger partial charge in [-0.2, -0.15) is 4.99 Å². The summed E-state index contributed by atoms with van der Waals surface area (Å²) in [5, 5.41) is 1.94. The molecule has 0 spiro atoms. The molecule has 0 aliphatic carbocycles. The zero-order chi connectivity index (χ0) is 25.2. The van der Waals surface area contributed by atoms with Crippen LogP contribution in [0, 0.1) is 0 Å². The lowest BCUT2D eigenvalue weighted by molar-refractivity contribution is -0.113. The molecule has 2 fully saturated rings. The molecule has 0 unspecified atom stereocenters. The van der Waals surface area contributed by atoms with Crippen LogP contribution in [0.3, 0.4) is 0 Å². The van der Waals surface area contributed by atoms with Crippen LogP contribution >= 0.6 is 11.8 Å². The number of amidine groups is 1. The van der Waals surface area contributed by atoms with E-state index in [1.54, 1.807) is 0 Å². The van der Waals surface area contributed by atoms with Gasteiger partial charge in [0.05, 0.1) is 10.4 Å². The molecule has 0 atom stereocenters. The summed E-state index contributed by atoms with van der Waals surface area (Å²) in [5.41, 5.74) is 5.57. The van der Waals surface area contributed by atoms with Crippen molar-refractivity contribution in [2.75, 3.05) is 50.7 Å². The van der Waals surface area contributed by atoms with E-state index in [9.17, 15) is 4.79 Å². The first-order chi connectivity index (χ1) is 18.2. The quantitative estimate of drug-likeness (QED) is 0.422. The Bertz CT molecular complexity index is 1350. The summed E-state index contributed by atoms with van der Waals surface area (Å²) in [6, 6.07) is 17.2. The predicted octanol–water partition coefficient (Wildman–Crippen LogP) is 5.50. The van der Waals surface area contributed by atoms with Crippen LogP contribution in [0.25, 0.3) is 28.1 Å². The number of carbonyl (C=O) groups is 1. The van der Waals surface area contributed by atoms with E-state index in [1.165, 1.54) is 48.8 Å². The predicted molar refractivity (Wildman–Crippen MR) is 155 cm³/mol. The molecule has 0 radical (unpaired) electrons. The van der Waals surface area contributed by atoms with Crippen LogP contribution < -0.4 is 4.90 Å². The van der Waals surface area contributed by atoms with Crippen molar-refractivity contribution >= 4 is 45.5 Å². The second-order valence-corrected chi connectivity index (χ2v) is 11.0.